The van der Waals surface area contributed by atoms with E-state index in [9.17, 15) is 4.79 Å². The quantitative estimate of drug-likeness (QED) is 0.467. The second kappa shape index (κ2) is 7.36. The van der Waals surface area contributed by atoms with Gasteiger partial charge in [-0.25, -0.2) is 9.97 Å². The Morgan fingerprint density at radius 1 is 1.11 bits per heavy atom. The van der Waals surface area contributed by atoms with E-state index in [1.165, 1.54) is 0 Å². The molecule has 0 bridgehead atoms. The lowest BCUT2D eigenvalue weighted by Gasteiger charge is -2.06. The Kier molecular flexibility index (Phi) is 6.12. The molecule has 0 atom stereocenters. The third kappa shape index (κ3) is 5.04. The molecule has 5 heteroatoms. The van der Waals surface area contributed by atoms with Gasteiger partial charge >= 0.3 is 5.97 Å². The van der Waals surface area contributed by atoms with Gasteiger partial charge in [0, 0.05) is 23.6 Å². The third-order valence-electron chi connectivity index (χ3n) is 2.88. The fourth-order valence-electron chi connectivity index (χ4n) is 1.52. The molecule has 18 heavy (non-hydrogen) atoms. The maximum absolute atomic E-state index is 10.3. The van der Waals surface area contributed by atoms with Crippen molar-refractivity contribution in [1.82, 2.24) is 9.97 Å². The summed E-state index contributed by atoms with van der Waals surface area (Å²) in [6, 6.07) is 0. The first-order valence-corrected chi connectivity index (χ1v) is 7.15. The number of unbranched alkanes of at least 4 members (excludes halogenated alkanes) is 2. The summed E-state index contributed by atoms with van der Waals surface area (Å²) < 4.78 is 0. The largest absolute Gasteiger partial charge is 0.481 e. The van der Waals surface area contributed by atoms with Crippen molar-refractivity contribution in [2.75, 3.05) is 5.75 Å². The number of thioether (sulfide) groups is 1. The fourth-order valence-corrected chi connectivity index (χ4v) is 2.46. The normalized spacial score (nSPS) is 10.6. The zero-order valence-electron chi connectivity index (χ0n) is 11.2. The van der Waals surface area contributed by atoms with Crippen molar-refractivity contribution in [1.29, 1.82) is 0 Å². The van der Waals surface area contributed by atoms with E-state index in [1.54, 1.807) is 11.8 Å². The molecule has 0 saturated carbocycles. The molecule has 1 aromatic rings. The molecule has 0 amide bonds. The van der Waals surface area contributed by atoms with Crippen LogP contribution in [0.25, 0.3) is 0 Å². The van der Waals surface area contributed by atoms with Crippen LogP contribution in [0.1, 0.15) is 42.6 Å². The highest BCUT2D eigenvalue weighted by molar-refractivity contribution is 7.99. The second-order valence-electron chi connectivity index (χ2n) is 4.35. The molecule has 0 aromatic carbocycles. The summed E-state index contributed by atoms with van der Waals surface area (Å²) >= 11 is 1.65. The first-order chi connectivity index (χ1) is 8.50. The maximum Gasteiger partial charge on any atom is 0.303 e. The molecule has 1 N–H and O–H groups in total. The molecule has 0 aliphatic heterocycles. The molecule has 0 spiro atoms. The molecule has 0 fully saturated rings. The van der Waals surface area contributed by atoms with Crippen molar-refractivity contribution >= 4 is 17.7 Å². The predicted molar refractivity (Wildman–Crippen MR) is 73.1 cm³/mol. The monoisotopic (exact) mass is 268 g/mol. The number of nitrogens with zero attached hydrogens (tertiary/aromatic N) is 2. The fraction of sp³-hybridized carbons (Fsp3) is 0.615. The maximum atomic E-state index is 10.3. The number of aromatic nitrogens is 2. The van der Waals surface area contributed by atoms with Gasteiger partial charge < -0.3 is 5.11 Å². The predicted octanol–water partition coefficient (Wildman–Crippen LogP) is 3.14. The Labute approximate surface area is 112 Å². The van der Waals surface area contributed by atoms with Crippen molar-refractivity contribution in [3.05, 3.63) is 17.0 Å². The Balaban J connectivity index is 2.29. The van der Waals surface area contributed by atoms with E-state index in [2.05, 4.69) is 9.97 Å². The number of carboxylic acid groups (broad SMARTS) is 1. The van der Waals surface area contributed by atoms with Crippen LogP contribution in [0.3, 0.4) is 0 Å². The molecular formula is C13H20N2O2S. The zero-order valence-corrected chi connectivity index (χ0v) is 12.0. The van der Waals surface area contributed by atoms with Gasteiger partial charge in [-0.2, -0.15) is 0 Å². The molecule has 1 heterocycles. The topological polar surface area (TPSA) is 63.1 Å². The minimum Gasteiger partial charge on any atom is -0.481 e. The molecule has 1 aromatic heterocycles. The lowest BCUT2D eigenvalue weighted by atomic mass is 10.2. The van der Waals surface area contributed by atoms with Gasteiger partial charge in [-0.1, -0.05) is 18.2 Å². The Morgan fingerprint density at radius 3 is 2.28 bits per heavy atom. The van der Waals surface area contributed by atoms with E-state index in [0.717, 1.165) is 47.1 Å². The van der Waals surface area contributed by atoms with Crippen LogP contribution in [0.2, 0.25) is 0 Å². The van der Waals surface area contributed by atoms with Crippen LogP contribution in [-0.2, 0) is 4.79 Å². The summed E-state index contributed by atoms with van der Waals surface area (Å²) in [5, 5.41) is 9.34. The Hall–Kier alpha value is -1.10. The summed E-state index contributed by atoms with van der Waals surface area (Å²) in [5.74, 6) is 0.234. The summed E-state index contributed by atoms with van der Waals surface area (Å²) in [6.07, 6.45) is 2.98. The minimum atomic E-state index is -0.712. The molecule has 0 unspecified atom stereocenters. The standard InChI is InChI=1S/C13H20N2O2S/c1-9-10(2)14-13(15-11(9)3)18-8-6-4-5-7-12(16)17/h4-8H2,1-3H3,(H,16,17). The molecule has 1 rings (SSSR count). The average Bonchev–Trinajstić information content (AvgIpc) is 2.30. The first-order valence-electron chi connectivity index (χ1n) is 6.17. The average molecular weight is 268 g/mol. The number of hydrogen-bond acceptors (Lipinski definition) is 4. The molecular weight excluding hydrogens is 248 g/mol. The number of aliphatic carboxylic acids is 1. The Morgan fingerprint density at radius 2 is 1.72 bits per heavy atom. The van der Waals surface area contributed by atoms with Gasteiger partial charge in [-0.05, 0) is 39.2 Å². The summed E-state index contributed by atoms with van der Waals surface area (Å²) in [7, 11) is 0. The van der Waals surface area contributed by atoms with Crippen molar-refractivity contribution in [3.8, 4) is 0 Å². The van der Waals surface area contributed by atoms with Gasteiger partial charge in [0.15, 0.2) is 5.16 Å². The van der Waals surface area contributed by atoms with Gasteiger partial charge in [-0.15, -0.1) is 0 Å². The van der Waals surface area contributed by atoms with Crippen molar-refractivity contribution in [3.63, 3.8) is 0 Å². The van der Waals surface area contributed by atoms with Gasteiger partial charge in [0.1, 0.15) is 0 Å². The summed E-state index contributed by atoms with van der Waals surface area (Å²) in [4.78, 5) is 19.2. The number of aryl methyl sites for hydroxylation is 2. The highest BCUT2D eigenvalue weighted by Crippen LogP contribution is 2.18. The van der Waals surface area contributed by atoms with Crippen molar-refractivity contribution in [2.24, 2.45) is 0 Å². The third-order valence-corrected chi connectivity index (χ3v) is 3.81. The van der Waals surface area contributed by atoms with Gasteiger partial charge in [0.2, 0.25) is 0 Å². The van der Waals surface area contributed by atoms with E-state index in [4.69, 9.17) is 5.11 Å². The molecule has 0 radical (unpaired) electrons. The van der Waals surface area contributed by atoms with Gasteiger partial charge in [0.25, 0.3) is 0 Å². The molecule has 0 saturated heterocycles. The van der Waals surface area contributed by atoms with Crippen LogP contribution < -0.4 is 0 Å². The number of rotatable bonds is 7. The smallest absolute Gasteiger partial charge is 0.303 e. The van der Waals surface area contributed by atoms with Crippen molar-refractivity contribution in [2.45, 2.75) is 51.6 Å². The molecule has 0 aliphatic carbocycles. The van der Waals surface area contributed by atoms with E-state index in [1.807, 2.05) is 20.8 Å². The van der Waals surface area contributed by atoms with Crippen LogP contribution in [0, 0.1) is 20.8 Å². The second-order valence-corrected chi connectivity index (χ2v) is 5.42. The van der Waals surface area contributed by atoms with Crippen LogP contribution in [0.5, 0.6) is 0 Å². The lowest BCUT2D eigenvalue weighted by Crippen LogP contribution is -1.98. The summed E-state index contributed by atoms with van der Waals surface area (Å²) in [5.41, 5.74) is 3.23. The highest BCUT2D eigenvalue weighted by atomic mass is 32.2. The number of carbonyl (C=O) groups is 1. The van der Waals surface area contributed by atoms with Crippen molar-refractivity contribution < 1.29 is 9.90 Å². The van der Waals surface area contributed by atoms with Gasteiger partial charge in [-0.3, -0.25) is 4.79 Å². The number of hydrogen-bond donors (Lipinski definition) is 1. The van der Waals surface area contributed by atoms with E-state index in [-0.39, 0.29) is 6.42 Å². The molecule has 100 valence electrons. The van der Waals surface area contributed by atoms with E-state index >= 15 is 0 Å². The van der Waals surface area contributed by atoms with E-state index in [0.29, 0.717) is 0 Å². The lowest BCUT2D eigenvalue weighted by molar-refractivity contribution is -0.137. The molecule has 4 nitrogen and oxygen atoms in total. The highest BCUT2D eigenvalue weighted by Gasteiger charge is 2.05. The number of carboxylic acids is 1. The van der Waals surface area contributed by atoms with Gasteiger partial charge in [0.05, 0.1) is 0 Å². The van der Waals surface area contributed by atoms with Crippen LogP contribution in [-0.4, -0.2) is 26.8 Å². The summed E-state index contributed by atoms with van der Waals surface area (Å²) in [6.45, 7) is 6.03. The first kappa shape index (κ1) is 15.0. The SMILES string of the molecule is Cc1nc(SCCCCCC(=O)O)nc(C)c1C. The van der Waals surface area contributed by atoms with Crippen LogP contribution in [0.15, 0.2) is 5.16 Å². The minimum absolute atomic E-state index is 0.268. The zero-order chi connectivity index (χ0) is 13.5. The van der Waals surface area contributed by atoms with Crippen LogP contribution >= 0.6 is 11.8 Å². The van der Waals surface area contributed by atoms with Crippen LogP contribution in [0.4, 0.5) is 0 Å². The van der Waals surface area contributed by atoms with E-state index < -0.39 is 5.97 Å². The Bertz CT molecular complexity index is 398. The molecule has 0 aliphatic rings.